The van der Waals surface area contributed by atoms with E-state index in [2.05, 4.69) is 29.3 Å². The van der Waals surface area contributed by atoms with Gasteiger partial charge in [-0.2, -0.15) is 0 Å². The fourth-order valence-corrected chi connectivity index (χ4v) is 4.37. The fourth-order valence-electron chi connectivity index (χ4n) is 4.37. The highest BCUT2D eigenvalue weighted by Crippen LogP contribution is 2.39. The third kappa shape index (κ3) is 3.81. The van der Waals surface area contributed by atoms with Crippen LogP contribution in [0.1, 0.15) is 63.0 Å². The van der Waals surface area contributed by atoms with Crippen LogP contribution >= 0.6 is 0 Å². The summed E-state index contributed by atoms with van der Waals surface area (Å²) in [6, 6.07) is 6.29. The highest BCUT2D eigenvalue weighted by Gasteiger charge is 2.33. The second-order valence-corrected chi connectivity index (χ2v) is 7.64. The normalized spacial score (nSPS) is 19.9. The first-order chi connectivity index (χ1) is 11.7. The van der Waals surface area contributed by atoms with E-state index in [1.807, 2.05) is 6.07 Å². The Morgan fingerprint density at radius 2 is 2.04 bits per heavy atom. The van der Waals surface area contributed by atoms with E-state index in [0.717, 1.165) is 44.6 Å². The van der Waals surface area contributed by atoms with Crippen molar-refractivity contribution in [2.45, 2.75) is 65.0 Å². The molecule has 0 bridgehead atoms. The van der Waals surface area contributed by atoms with E-state index < -0.39 is 0 Å². The Balaban J connectivity index is 1.66. The average molecular weight is 329 g/mol. The summed E-state index contributed by atoms with van der Waals surface area (Å²) in [6.07, 6.45) is 7.60. The summed E-state index contributed by atoms with van der Waals surface area (Å²) in [5.74, 6) is 0.129. The number of benzene rings is 1. The van der Waals surface area contributed by atoms with Crippen molar-refractivity contribution in [1.29, 1.82) is 0 Å². The van der Waals surface area contributed by atoms with Crippen molar-refractivity contribution in [3.63, 3.8) is 0 Å². The molecular formula is C20H31N3O. The third-order valence-electron chi connectivity index (χ3n) is 5.75. The first-order valence-corrected chi connectivity index (χ1v) is 9.49. The maximum atomic E-state index is 12.7. The van der Waals surface area contributed by atoms with Crippen molar-refractivity contribution >= 4 is 11.6 Å². The molecule has 1 fully saturated rings. The van der Waals surface area contributed by atoms with Crippen LogP contribution in [-0.2, 0) is 17.9 Å². The number of amides is 1. The van der Waals surface area contributed by atoms with Crippen LogP contribution in [0.4, 0.5) is 5.69 Å². The Kier molecular flexibility index (Phi) is 5.57. The molecule has 1 saturated carbocycles. The van der Waals surface area contributed by atoms with Gasteiger partial charge in [0.2, 0.25) is 5.91 Å². The van der Waals surface area contributed by atoms with Gasteiger partial charge in [-0.3, -0.25) is 9.69 Å². The Morgan fingerprint density at radius 1 is 1.25 bits per heavy atom. The summed E-state index contributed by atoms with van der Waals surface area (Å²) >= 11 is 0. The summed E-state index contributed by atoms with van der Waals surface area (Å²) in [6.45, 7) is 5.89. The number of nitrogens with two attached hydrogens (primary N) is 1. The third-order valence-corrected chi connectivity index (χ3v) is 5.75. The van der Waals surface area contributed by atoms with Crippen molar-refractivity contribution in [3.05, 3.63) is 29.3 Å². The van der Waals surface area contributed by atoms with Gasteiger partial charge in [-0.05, 0) is 55.0 Å². The van der Waals surface area contributed by atoms with Gasteiger partial charge in [0.15, 0.2) is 0 Å². The zero-order valence-electron chi connectivity index (χ0n) is 14.9. The Hall–Kier alpha value is -1.39. The molecule has 1 amide bonds. The van der Waals surface area contributed by atoms with E-state index in [-0.39, 0.29) is 11.3 Å². The Bertz CT molecular complexity index is 578. The lowest BCUT2D eigenvalue weighted by Crippen LogP contribution is -2.36. The molecule has 0 spiro atoms. The molecule has 0 saturated heterocycles. The predicted molar refractivity (Wildman–Crippen MR) is 98.7 cm³/mol. The van der Waals surface area contributed by atoms with Crippen molar-refractivity contribution in [3.8, 4) is 0 Å². The van der Waals surface area contributed by atoms with E-state index in [0.29, 0.717) is 13.0 Å². The zero-order chi connectivity index (χ0) is 17.0. The van der Waals surface area contributed by atoms with E-state index in [1.54, 1.807) is 0 Å². The molecule has 3 rings (SSSR count). The minimum absolute atomic E-state index is 0.0224. The molecule has 24 heavy (non-hydrogen) atoms. The largest absolute Gasteiger partial charge is 0.330 e. The van der Waals surface area contributed by atoms with E-state index in [9.17, 15) is 4.79 Å². The van der Waals surface area contributed by atoms with Crippen molar-refractivity contribution in [2.75, 3.05) is 18.4 Å². The number of carbonyl (C=O) groups excluding carboxylic acids is 1. The molecule has 2 aliphatic rings. The molecule has 1 heterocycles. The minimum atomic E-state index is 0.0224. The van der Waals surface area contributed by atoms with Gasteiger partial charge < -0.3 is 11.1 Å². The Morgan fingerprint density at radius 3 is 2.75 bits per heavy atom. The number of carbonyl (C=O) groups is 1. The standard InChI is InChI=1S/C20H31N3O/c1-2-11-23-13-16-7-6-8-18(17(16)14-23)22-19(24)12-20(15-21)9-4-3-5-10-20/h6-8H,2-5,9-15,21H2,1H3,(H,22,24). The first kappa shape index (κ1) is 17.4. The lowest BCUT2D eigenvalue weighted by molar-refractivity contribution is -0.118. The zero-order valence-corrected chi connectivity index (χ0v) is 14.9. The smallest absolute Gasteiger partial charge is 0.224 e. The molecule has 132 valence electrons. The molecule has 0 radical (unpaired) electrons. The molecule has 0 aromatic heterocycles. The molecule has 0 unspecified atom stereocenters. The topological polar surface area (TPSA) is 58.4 Å². The SMILES string of the molecule is CCCN1Cc2cccc(NC(=O)CC3(CN)CCCCC3)c2C1. The molecule has 4 heteroatoms. The predicted octanol–water partition coefficient (Wildman–Crippen LogP) is 3.65. The van der Waals surface area contributed by atoms with Crippen LogP contribution < -0.4 is 11.1 Å². The number of hydrogen-bond donors (Lipinski definition) is 2. The van der Waals surface area contributed by atoms with Gasteiger partial charge in [0.05, 0.1) is 0 Å². The average Bonchev–Trinajstić information content (AvgIpc) is 3.00. The van der Waals surface area contributed by atoms with Gasteiger partial charge in [0.25, 0.3) is 0 Å². The molecule has 3 N–H and O–H groups in total. The molecule has 1 aromatic carbocycles. The number of hydrogen-bond acceptors (Lipinski definition) is 3. The number of fused-ring (bicyclic) bond motifs is 1. The highest BCUT2D eigenvalue weighted by atomic mass is 16.1. The van der Waals surface area contributed by atoms with Gasteiger partial charge in [-0.1, -0.05) is 38.3 Å². The Labute approximate surface area is 145 Å². The quantitative estimate of drug-likeness (QED) is 0.837. The van der Waals surface area contributed by atoms with Gasteiger partial charge in [0, 0.05) is 25.2 Å². The number of nitrogens with zero attached hydrogens (tertiary/aromatic N) is 1. The van der Waals surface area contributed by atoms with Crippen LogP contribution in [0.25, 0.3) is 0 Å². The molecule has 1 aromatic rings. The van der Waals surface area contributed by atoms with Gasteiger partial charge in [-0.15, -0.1) is 0 Å². The van der Waals surface area contributed by atoms with Crippen LogP contribution in [0.15, 0.2) is 18.2 Å². The molecule has 1 aliphatic heterocycles. The minimum Gasteiger partial charge on any atom is -0.330 e. The van der Waals surface area contributed by atoms with Crippen molar-refractivity contribution in [1.82, 2.24) is 4.90 Å². The van der Waals surface area contributed by atoms with Gasteiger partial charge in [-0.25, -0.2) is 0 Å². The summed E-state index contributed by atoms with van der Waals surface area (Å²) < 4.78 is 0. The molecular weight excluding hydrogens is 298 g/mol. The van der Waals surface area contributed by atoms with Crippen LogP contribution in [0.2, 0.25) is 0 Å². The fraction of sp³-hybridized carbons (Fsp3) is 0.650. The second-order valence-electron chi connectivity index (χ2n) is 7.64. The monoisotopic (exact) mass is 329 g/mol. The van der Waals surface area contributed by atoms with Crippen molar-refractivity contribution in [2.24, 2.45) is 11.1 Å². The van der Waals surface area contributed by atoms with Crippen LogP contribution in [-0.4, -0.2) is 23.9 Å². The lowest BCUT2D eigenvalue weighted by atomic mass is 9.71. The van der Waals surface area contributed by atoms with E-state index >= 15 is 0 Å². The molecule has 4 nitrogen and oxygen atoms in total. The summed E-state index contributed by atoms with van der Waals surface area (Å²) in [5.41, 5.74) is 9.71. The van der Waals surface area contributed by atoms with Crippen LogP contribution in [0.3, 0.4) is 0 Å². The number of nitrogens with one attached hydrogen (secondary N) is 1. The lowest BCUT2D eigenvalue weighted by Gasteiger charge is -2.35. The molecule has 1 aliphatic carbocycles. The highest BCUT2D eigenvalue weighted by molar-refractivity contribution is 5.92. The van der Waals surface area contributed by atoms with E-state index in [1.165, 1.54) is 30.4 Å². The maximum absolute atomic E-state index is 12.7. The van der Waals surface area contributed by atoms with Crippen LogP contribution in [0.5, 0.6) is 0 Å². The van der Waals surface area contributed by atoms with Crippen LogP contribution in [0, 0.1) is 5.41 Å². The van der Waals surface area contributed by atoms with E-state index in [4.69, 9.17) is 5.73 Å². The number of rotatable bonds is 6. The first-order valence-electron chi connectivity index (χ1n) is 9.49. The summed E-state index contributed by atoms with van der Waals surface area (Å²) in [4.78, 5) is 15.1. The second kappa shape index (κ2) is 7.66. The summed E-state index contributed by atoms with van der Waals surface area (Å²) in [7, 11) is 0. The summed E-state index contributed by atoms with van der Waals surface area (Å²) in [5, 5.41) is 3.19. The van der Waals surface area contributed by atoms with Crippen molar-refractivity contribution < 1.29 is 4.79 Å². The van der Waals surface area contributed by atoms with Gasteiger partial charge >= 0.3 is 0 Å². The van der Waals surface area contributed by atoms with Gasteiger partial charge in [0.1, 0.15) is 0 Å². The molecule has 0 atom stereocenters. The maximum Gasteiger partial charge on any atom is 0.224 e. The number of anilines is 1.